The van der Waals surface area contributed by atoms with Gasteiger partial charge in [-0.1, -0.05) is 99.9 Å². The molecule has 3 saturated carbocycles. The number of carboxylic acids is 1. The molecule has 0 heterocycles. The predicted octanol–water partition coefficient (Wildman–Crippen LogP) is 7.10. The van der Waals surface area contributed by atoms with Gasteiger partial charge in [-0.2, -0.15) is 0 Å². The van der Waals surface area contributed by atoms with Crippen LogP contribution < -0.4 is 0 Å². The molecule has 7 heteroatoms. The van der Waals surface area contributed by atoms with Crippen LogP contribution in [0.25, 0.3) is 0 Å². The van der Waals surface area contributed by atoms with E-state index in [1.807, 2.05) is 86.6 Å². The van der Waals surface area contributed by atoms with Crippen molar-refractivity contribution in [3.05, 3.63) is 106 Å². The van der Waals surface area contributed by atoms with Crippen molar-refractivity contribution in [2.24, 2.45) is 0 Å². The highest BCUT2D eigenvalue weighted by atomic mass is 79.9. The fourth-order valence-electron chi connectivity index (χ4n) is 5.27. The lowest BCUT2D eigenvalue weighted by atomic mass is 9.95. The van der Waals surface area contributed by atoms with E-state index in [1.54, 1.807) is 0 Å². The topological polar surface area (TPSA) is 89.9 Å². The summed E-state index contributed by atoms with van der Waals surface area (Å²) in [7, 11) is 2.91. The molecule has 222 valence electrons. The van der Waals surface area contributed by atoms with Gasteiger partial charge in [-0.15, -0.1) is 0 Å². The summed E-state index contributed by atoms with van der Waals surface area (Å²) in [6.07, 6.45) is 5.23. The molecule has 0 saturated heterocycles. The zero-order chi connectivity index (χ0) is 30.5. The highest BCUT2D eigenvalue weighted by molar-refractivity contribution is 9.08. The SMILES string of the molecule is COC(=O)C1(c2ccc(C)cc2)CC1.COC(=O)C1(c2ccc(CBr)cc2)CC1.Cc1ccc(C2(C(=O)O)CC2)cc1. The summed E-state index contributed by atoms with van der Waals surface area (Å²) in [6.45, 7) is 4.05. The van der Waals surface area contributed by atoms with Crippen LogP contribution in [0.3, 0.4) is 0 Å². The normalized spacial score (nSPS) is 17.6. The van der Waals surface area contributed by atoms with Crippen LogP contribution >= 0.6 is 15.9 Å². The zero-order valence-corrected chi connectivity index (χ0v) is 26.3. The summed E-state index contributed by atoms with van der Waals surface area (Å²) < 4.78 is 9.66. The van der Waals surface area contributed by atoms with E-state index >= 15 is 0 Å². The van der Waals surface area contributed by atoms with Crippen molar-refractivity contribution in [1.29, 1.82) is 0 Å². The molecule has 0 unspecified atom stereocenters. The molecule has 3 aromatic rings. The van der Waals surface area contributed by atoms with Crippen LogP contribution in [-0.2, 0) is 45.4 Å². The molecule has 0 radical (unpaired) electrons. The van der Waals surface area contributed by atoms with Gasteiger partial charge in [-0.25, -0.2) is 0 Å². The summed E-state index contributed by atoms with van der Waals surface area (Å²) in [4.78, 5) is 34.1. The van der Waals surface area contributed by atoms with E-state index in [0.717, 1.165) is 60.5 Å². The average molecular weight is 636 g/mol. The summed E-state index contributed by atoms with van der Waals surface area (Å²) in [5.74, 6) is -0.883. The molecular formula is C35H39BrO6. The van der Waals surface area contributed by atoms with Crippen LogP contribution in [0.1, 0.15) is 71.9 Å². The third-order valence-electron chi connectivity index (χ3n) is 8.68. The number of carboxylic acid groups (broad SMARTS) is 1. The third kappa shape index (κ3) is 6.62. The maximum Gasteiger partial charge on any atom is 0.316 e. The molecule has 0 spiro atoms. The number of carbonyl (C=O) groups excluding carboxylic acids is 2. The molecule has 42 heavy (non-hydrogen) atoms. The van der Waals surface area contributed by atoms with Gasteiger partial charge in [0.2, 0.25) is 0 Å². The third-order valence-corrected chi connectivity index (χ3v) is 9.33. The lowest BCUT2D eigenvalue weighted by Gasteiger charge is -2.12. The number of methoxy groups -OCH3 is 2. The minimum atomic E-state index is -0.684. The Labute approximate surface area is 256 Å². The second kappa shape index (κ2) is 12.8. The smallest absolute Gasteiger partial charge is 0.316 e. The molecule has 0 bridgehead atoms. The molecule has 1 N–H and O–H groups in total. The monoisotopic (exact) mass is 634 g/mol. The molecule has 0 aliphatic heterocycles. The zero-order valence-electron chi connectivity index (χ0n) is 24.7. The Morgan fingerprint density at radius 3 is 1.19 bits per heavy atom. The summed E-state index contributed by atoms with van der Waals surface area (Å²) in [5.41, 5.74) is 5.54. The summed E-state index contributed by atoms with van der Waals surface area (Å²) in [5, 5.41) is 9.87. The van der Waals surface area contributed by atoms with Crippen molar-refractivity contribution in [2.75, 3.05) is 14.2 Å². The number of carbonyl (C=O) groups is 3. The summed E-state index contributed by atoms with van der Waals surface area (Å²) in [6, 6.07) is 24.1. The van der Waals surface area contributed by atoms with Gasteiger partial charge in [0.15, 0.2) is 0 Å². The Kier molecular flexibility index (Phi) is 9.61. The van der Waals surface area contributed by atoms with E-state index in [1.165, 1.54) is 30.9 Å². The van der Waals surface area contributed by atoms with Crippen molar-refractivity contribution in [3.63, 3.8) is 0 Å². The number of hydrogen-bond donors (Lipinski definition) is 1. The maximum absolute atomic E-state index is 11.6. The van der Waals surface area contributed by atoms with Crippen molar-refractivity contribution >= 4 is 33.8 Å². The van der Waals surface area contributed by atoms with Crippen molar-refractivity contribution in [3.8, 4) is 0 Å². The lowest BCUT2D eigenvalue weighted by Crippen LogP contribution is -2.21. The number of rotatable bonds is 7. The number of halogens is 1. The number of aryl methyl sites for hydroxylation is 2. The van der Waals surface area contributed by atoms with Crippen molar-refractivity contribution < 1.29 is 29.0 Å². The van der Waals surface area contributed by atoms with Crippen molar-refractivity contribution in [2.45, 2.75) is 73.9 Å². The Morgan fingerprint density at radius 2 is 0.929 bits per heavy atom. The lowest BCUT2D eigenvalue weighted by molar-refractivity contribution is -0.144. The van der Waals surface area contributed by atoms with E-state index in [0.29, 0.717) is 0 Å². The van der Waals surface area contributed by atoms with Gasteiger partial charge < -0.3 is 14.6 Å². The highest BCUT2D eigenvalue weighted by Crippen LogP contribution is 2.50. The number of hydrogen-bond acceptors (Lipinski definition) is 5. The molecule has 6 nitrogen and oxygen atoms in total. The maximum atomic E-state index is 11.6. The standard InChI is InChI=1S/C12H13BrO2.C12H14O2.C11H12O2/c1-15-11(14)12(6-7-12)10-4-2-9(8-13)3-5-10;1-9-3-5-10(6-4-9)12(7-8-12)11(13)14-2;1-8-2-4-9(5-3-8)11(6-7-11)10(12)13/h2-5H,6-8H2,1H3;3-6H,7-8H2,1-2H3;2-5H,6-7H2,1H3,(H,12,13). The average Bonchev–Trinajstić information content (AvgIpc) is 3.88. The van der Waals surface area contributed by atoms with Crippen LogP contribution in [0, 0.1) is 13.8 Å². The minimum Gasteiger partial charge on any atom is -0.481 e. The molecule has 6 rings (SSSR count). The first-order chi connectivity index (χ1) is 20.1. The largest absolute Gasteiger partial charge is 0.481 e. The Bertz CT molecular complexity index is 1400. The van der Waals surface area contributed by atoms with E-state index in [4.69, 9.17) is 14.6 Å². The molecule has 3 fully saturated rings. The molecule has 3 aliphatic rings. The number of esters is 2. The van der Waals surface area contributed by atoms with Gasteiger partial charge in [0.25, 0.3) is 0 Å². The molecular weight excluding hydrogens is 596 g/mol. The van der Waals surface area contributed by atoms with E-state index in [2.05, 4.69) is 15.9 Å². The first-order valence-electron chi connectivity index (χ1n) is 14.3. The number of benzene rings is 3. The minimum absolute atomic E-state index is 0.0960. The Hall–Kier alpha value is -3.45. The number of ether oxygens (including phenoxy) is 2. The van der Waals surface area contributed by atoms with E-state index in [9.17, 15) is 14.4 Å². The van der Waals surface area contributed by atoms with Crippen LogP contribution in [0.15, 0.2) is 72.8 Å². The second-order valence-electron chi connectivity index (χ2n) is 11.6. The van der Waals surface area contributed by atoms with Gasteiger partial charge in [0.05, 0.1) is 30.5 Å². The molecule has 3 aliphatic carbocycles. The quantitative estimate of drug-likeness (QED) is 0.220. The fourth-order valence-corrected chi connectivity index (χ4v) is 5.64. The first-order valence-corrected chi connectivity index (χ1v) is 15.4. The number of alkyl halides is 1. The Morgan fingerprint density at radius 1 is 0.619 bits per heavy atom. The molecule has 3 aromatic carbocycles. The van der Waals surface area contributed by atoms with E-state index in [-0.39, 0.29) is 22.8 Å². The van der Waals surface area contributed by atoms with Gasteiger partial charge in [0, 0.05) is 5.33 Å². The van der Waals surface area contributed by atoms with Gasteiger partial charge in [-0.3, -0.25) is 14.4 Å². The molecule has 0 aromatic heterocycles. The second-order valence-corrected chi connectivity index (χ2v) is 12.2. The number of aliphatic carboxylic acids is 1. The summed E-state index contributed by atoms with van der Waals surface area (Å²) >= 11 is 3.40. The fraction of sp³-hybridized carbons (Fsp3) is 0.400. The van der Waals surface area contributed by atoms with Crippen molar-refractivity contribution in [1.82, 2.24) is 0 Å². The highest BCUT2D eigenvalue weighted by Gasteiger charge is 2.53. The molecule has 0 amide bonds. The first kappa shape index (κ1) is 31.5. The van der Waals surface area contributed by atoms with Crippen LogP contribution in [-0.4, -0.2) is 37.2 Å². The van der Waals surface area contributed by atoms with Gasteiger partial charge in [0.1, 0.15) is 0 Å². The Balaban J connectivity index is 0.000000145. The van der Waals surface area contributed by atoms with E-state index < -0.39 is 11.4 Å². The van der Waals surface area contributed by atoms with Gasteiger partial charge in [-0.05, 0) is 74.6 Å². The van der Waals surface area contributed by atoms with Crippen LogP contribution in [0.4, 0.5) is 0 Å². The molecule has 0 atom stereocenters. The predicted molar refractivity (Wildman–Crippen MR) is 166 cm³/mol. The van der Waals surface area contributed by atoms with Crippen LogP contribution in [0.5, 0.6) is 0 Å². The van der Waals surface area contributed by atoms with Crippen LogP contribution in [0.2, 0.25) is 0 Å². The van der Waals surface area contributed by atoms with Gasteiger partial charge >= 0.3 is 17.9 Å².